The van der Waals surface area contributed by atoms with Crippen molar-refractivity contribution in [2.24, 2.45) is 22.4 Å². The maximum atomic E-state index is 10.4. The van der Waals surface area contributed by atoms with Gasteiger partial charge in [0, 0.05) is 13.0 Å². The summed E-state index contributed by atoms with van der Waals surface area (Å²) in [5, 5.41) is 8.52. The van der Waals surface area contributed by atoms with Gasteiger partial charge in [0.25, 0.3) is 0 Å². The highest BCUT2D eigenvalue weighted by Gasteiger charge is 2.09. The standard InChI is InChI=1S/C10H21N3O2/c1-7(2)6-9(12)13-5-3-4-8(11)10(14)15/h7-8H,3-6,11H2,1-2H3,(H2,12,13)(H,14,15)/t8-/m0/s1. The van der Waals surface area contributed by atoms with E-state index in [4.69, 9.17) is 16.6 Å². The molecule has 0 aliphatic carbocycles. The van der Waals surface area contributed by atoms with Crippen LogP contribution in [0.2, 0.25) is 0 Å². The summed E-state index contributed by atoms with van der Waals surface area (Å²) in [6.07, 6.45) is 1.88. The molecule has 0 unspecified atom stereocenters. The number of hydrogen-bond acceptors (Lipinski definition) is 3. The van der Waals surface area contributed by atoms with Gasteiger partial charge in [-0.3, -0.25) is 9.79 Å². The van der Waals surface area contributed by atoms with E-state index in [1.165, 1.54) is 0 Å². The smallest absolute Gasteiger partial charge is 0.320 e. The topological polar surface area (TPSA) is 102 Å². The normalized spacial score (nSPS) is 14.3. The monoisotopic (exact) mass is 215 g/mol. The van der Waals surface area contributed by atoms with Gasteiger partial charge < -0.3 is 16.6 Å². The van der Waals surface area contributed by atoms with Crippen LogP contribution in [0, 0.1) is 5.92 Å². The van der Waals surface area contributed by atoms with Crippen molar-refractivity contribution in [3.63, 3.8) is 0 Å². The number of carboxylic acids is 1. The molecule has 15 heavy (non-hydrogen) atoms. The van der Waals surface area contributed by atoms with E-state index in [-0.39, 0.29) is 0 Å². The molecule has 0 saturated carbocycles. The molecule has 0 aliphatic heterocycles. The van der Waals surface area contributed by atoms with Crippen LogP contribution in [0.5, 0.6) is 0 Å². The summed E-state index contributed by atoms with van der Waals surface area (Å²) in [7, 11) is 0. The number of aliphatic imine (C=N–C) groups is 1. The molecule has 0 aliphatic rings. The molecule has 0 bridgehead atoms. The molecule has 5 N–H and O–H groups in total. The van der Waals surface area contributed by atoms with Gasteiger partial charge in [-0.1, -0.05) is 13.8 Å². The van der Waals surface area contributed by atoms with Crippen LogP contribution in [-0.2, 0) is 4.79 Å². The van der Waals surface area contributed by atoms with Crippen molar-refractivity contribution in [1.82, 2.24) is 0 Å². The van der Waals surface area contributed by atoms with E-state index in [1.807, 2.05) is 0 Å². The van der Waals surface area contributed by atoms with Gasteiger partial charge in [0.15, 0.2) is 0 Å². The zero-order chi connectivity index (χ0) is 11.8. The van der Waals surface area contributed by atoms with E-state index in [0.29, 0.717) is 31.1 Å². The number of nitrogens with two attached hydrogens (primary N) is 2. The van der Waals surface area contributed by atoms with Gasteiger partial charge in [0.05, 0.1) is 5.84 Å². The van der Waals surface area contributed by atoms with Crippen LogP contribution in [0.15, 0.2) is 4.99 Å². The minimum absolute atomic E-state index is 0.438. The van der Waals surface area contributed by atoms with Crippen LogP contribution in [-0.4, -0.2) is 29.5 Å². The number of carboxylic acid groups (broad SMARTS) is 1. The fourth-order valence-corrected chi connectivity index (χ4v) is 1.14. The number of nitrogens with zero attached hydrogens (tertiary/aromatic N) is 1. The quantitative estimate of drug-likeness (QED) is 0.328. The summed E-state index contributed by atoms with van der Waals surface area (Å²) in [5.41, 5.74) is 11.0. The first-order valence-corrected chi connectivity index (χ1v) is 5.20. The lowest BCUT2D eigenvalue weighted by Gasteiger charge is -2.05. The number of rotatable bonds is 7. The highest BCUT2D eigenvalue weighted by molar-refractivity contribution is 5.80. The fraction of sp³-hybridized carbons (Fsp3) is 0.800. The van der Waals surface area contributed by atoms with Crippen LogP contribution >= 0.6 is 0 Å². The van der Waals surface area contributed by atoms with Crippen LogP contribution in [0.4, 0.5) is 0 Å². The van der Waals surface area contributed by atoms with Gasteiger partial charge in [-0.05, 0) is 18.8 Å². The molecule has 5 nitrogen and oxygen atoms in total. The molecule has 5 heteroatoms. The van der Waals surface area contributed by atoms with Gasteiger partial charge in [0.1, 0.15) is 6.04 Å². The predicted molar refractivity (Wildman–Crippen MR) is 60.8 cm³/mol. The van der Waals surface area contributed by atoms with E-state index in [1.54, 1.807) is 0 Å². The largest absolute Gasteiger partial charge is 0.480 e. The molecule has 0 saturated heterocycles. The third-order valence-electron chi connectivity index (χ3n) is 1.92. The molecular weight excluding hydrogens is 194 g/mol. The maximum absolute atomic E-state index is 10.4. The Morgan fingerprint density at radius 3 is 2.53 bits per heavy atom. The molecule has 88 valence electrons. The second-order valence-corrected chi connectivity index (χ2v) is 4.06. The molecule has 0 fully saturated rings. The van der Waals surface area contributed by atoms with Crippen molar-refractivity contribution >= 4 is 11.8 Å². The Morgan fingerprint density at radius 1 is 1.47 bits per heavy atom. The molecule has 0 aromatic carbocycles. The molecule has 1 atom stereocenters. The fourth-order valence-electron chi connectivity index (χ4n) is 1.14. The van der Waals surface area contributed by atoms with E-state index < -0.39 is 12.0 Å². The average Bonchev–Trinajstić information content (AvgIpc) is 2.10. The summed E-state index contributed by atoms with van der Waals surface area (Å²) in [5.74, 6) is 0.165. The van der Waals surface area contributed by atoms with Crippen molar-refractivity contribution in [3.05, 3.63) is 0 Å². The SMILES string of the molecule is CC(C)CC(N)=NCCC[C@H](N)C(=O)O. The lowest BCUT2D eigenvalue weighted by atomic mass is 10.1. The third kappa shape index (κ3) is 7.93. The number of aliphatic carboxylic acids is 1. The van der Waals surface area contributed by atoms with Gasteiger partial charge in [-0.15, -0.1) is 0 Å². The van der Waals surface area contributed by atoms with Crippen molar-refractivity contribution < 1.29 is 9.90 Å². The van der Waals surface area contributed by atoms with Gasteiger partial charge in [-0.25, -0.2) is 0 Å². The Morgan fingerprint density at radius 2 is 2.07 bits per heavy atom. The first-order valence-electron chi connectivity index (χ1n) is 5.20. The van der Waals surface area contributed by atoms with E-state index in [9.17, 15) is 4.79 Å². The molecule has 0 aromatic heterocycles. The summed E-state index contributed by atoms with van der Waals surface area (Å²) in [4.78, 5) is 14.5. The Balaban J connectivity index is 3.65. The van der Waals surface area contributed by atoms with E-state index in [0.717, 1.165) is 6.42 Å². The highest BCUT2D eigenvalue weighted by Crippen LogP contribution is 2.00. The Kier molecular flexibility index (Phi) is 6.70. The van der Waals surface area contributed by atoms with Gasteiger partial charge in [-0.2, -0.15) is 0 Å². The number of amidine groups is 1. The lowest BCUT2D eigenvalue weighted by molar-refractivity contribution is -0.138. The van der Waals surface area contributed by atoms with Gasteiger partial charge in [0.2, 0.25) is 0 Å². The van der Waals surface area contributed by atoms with Crippen molar-refractivity contribution in [2.45, 2.75) is 39.2 Å². The van der Waals surface area contributed by atoms with Crippen LogP contribution in [0.3, 0.4) is 0 Å². The summed E-state index contributed by atoms with van der Waals surface area (Å²) in [6.45, 7) is 4.70. The highest BCUT2D eigenvalue weighted by atomic mass is 16.4. The minimum atomic E-state index is -0.964. The first-order chi connectivity index (χ1) is 6.93. The Bertz CT molecular complexity index is 227. The second-order valence-electron chi connectivity index (χ2n) is 4.06. The molecule has 0 amide bonds. The van der Waals surface area contributed by atoms with Gasteiger partial charge >= 0.3 is 5.97 Å². The Hall–Kier alpha value is -1.10. The number of carbonyl (C=O) groups is 1. The zero-order valence-electron chi connectivity index (χ0n) is 9.44. The van der Waals surface area contributed by atoms with E-state index >= 15 is 0 Å². The summed E-state index contributed by atoms with van der Waals surface area (Å²) < 4.78 is 0. The third-order valence-corrected chi connectivity index (χ3v) is 1.92. The molecule has 0 radical (unpaired) electrons. The number of hydrogen-bond donors (Lipinski definition) is 3. The molecule has 0 rings (SSSR count). The summed E-state index contributed by atoms with van der Waals surface area (Å²) >= 11 is 0. The molecule has 0 heterocycles. The zero-order valence-corrected chi connectivity index (χ0v) is 9.44. The molecular formula is C10H21N3O2. The Labute approximate surface area is 90.6 Å². The maximum Gasteiger partial charge on any atom is 0.320 e. The summed E-state index contributed by atoms with van der Waals surface area (Å²) in [6, 6.07) is -0.786. The van der Waals surface area contributed by atoms with Crippen molar-refractivity contribution in [1.29, 1.82) is 0 Å². The average molecular weight is 215 g/mol. The van der Waals surface area contributed by atoms with Crippen LogP contribution in [0.1, 0.15) is 33.1 Å². The lowest BCUT2D eigenvalue weighted by Crippen LogP contribution is -2.30. The van der Waals surface area contributed by atoms with E-state index in [2.05, 4.69) is 18.8 Å². The second kappa shape index (κ2) is 7.23. The van der Waals surface area contributed by atoms with Crippen molar-refractivity contribution in [2.75, 3.05) is 6.54 Å². The predicted octanol–water partition coefficient (Wildman–Crippen LogP) is 0.582. The van der Waals surface area contributed by atoms with Crippen molar-refractivity contribution in [3.8, 4) is 0 Å². The first kappa shape index (κ1) is 13.9. The molecule has 0 aromatic rings. The molecule has 0 spiro atoms. The van der Waals surface area contributed by atoms with Crippen LogP contribution in [0.25, 0.3) is 0 Å². The van der Waals surface area contributed by atoms with Crippen LogP contribution < -0.4 is 11.5 Å². The minimum Gasteiger partial charge on any atom is -0.480 e.